The van der Waals surface area contributed by atoms with Gasteiger partial charge in [-0.3, -0.25) is 4.98 Å². The molecule has 0 saturated heterocycles. The fraction of sp³-hybridized carbons (Fsp3) is 0.118. The first-order chi connectivity index (χ1) is 10.3. The Morgan fingerprint density at radius 3 is 2.81 bits per heavy atom. The van der Waals surface area contributed by atoms with Gasteiger partial charge in [0.1, 0.15) is 5.75 Å². The monoisotopic (exact) mass is 298 g/mol. The average Bonchev–Trinajstić information content (AvgIpc) is 2.53. The lowest BCUT2D eigenvalue weighted by atomic mass is 10.2. The molecule has 0 aliphatic carbocycles. The standard InChI is InChI=1S/C17H15ClN2O/c1-21-17-9-7-13(18)10-16(17)19-11-14-8-6-12-4-2-3-5-15(12)20-14/h2-10,19H,11H2,1H3. The van der Waals surface area contributed by atoms with Crippen LogP contribution in [0.25, 0.3) is 10.9 Å². The average molecular weight is 299 g/mol. The molecule has 0 aliphatic rings. The molecular formula is C17H15ClN2O. The number of hydrogen-bond acceptors (Lipinski definition) is 3. The third kappa shape index (κ3) is 3.09. The first kappa shape index (κ1) is 13.7. The normalized spacial score (nSPS) is 10.6. The van der Waals surface area contributed by atoms with Crippen LogP contribution >= 0.6 is 11.6 Å². The van der Waals surface area contributed by atoms with Gasteiger partial charge in [0.25, 0.3) is 0 Å². The molecule has 106 valence electrons. The third-order valence-corrected chi connectivity index (χ3v) is 3.51. The van der Waals surface area contributed by atoms with Crippen LogP contribution in [0, 0.1) is 0 Å². The van der Waals surface area contributed by atoms with E-state index in [1.807, 2.05) is 36.4 Å². The highest BCUT2D eigenvalue weighted by molar-refractivity contribution is 6.30. The Morgan fingerprint density at radius 1 is 1.10 bits per heavy atom. The summed E-state index contributed by atoms with van der Waals surface area (Å²) in [5.74, 6) is 0.764. The van der Waals surface area contributed by atoms with Gasteiger partial charge < -0.3 is 10.1 Å². The lowest BCUT2D eigenvalue weighted by Gasteiger charge is -2.11. The van der Waals surface area contributed by atoms with Gasteiger partial charge in [-0.05, 0) is 30.3 Å². The van der Waals surface area contributed by atoms with Crippen LogP contribution in [0.2, 0.25) is 5.02 Å². The number of fused-ring (bicyclic) bond motifs is 1. The van der Waals surface area contributed by atoms with Crippen molar-refractivity contribution in [1.82, 2.24) is 4.98 Å². The van der Waals surface area contributed by atoms with Crippen LogP contribution in [0.1, 0.15) is 5.69 Å². The van der Waals surface area contributed by atoms with Crippen molar-refractivity contribution in [3.63, 3.8) is 0 Å². The second kappa shape index (κ2) is 6.02. The summed E-state index contributed by atoms with van der Waals surface area (Å²) in [6.45, 7) is 0.613. The summed E-state index contributed by atoms with van der Waals surface area (Å²) in [5.41, 5.74) is 2.82. The van der Waals surface area contributed by atoms with Gasteiger partial charge in [0.05, 0.1) is 30.6 Å². The van der Waals surface area contributed by atoms with E-state index in [0.717, 1.165) is 28.0 Å². The molecule has 21 heavy (non-hydrogen) atoms. The number of nitrogens with one attached hydrogen (secondary N) is 1. The van der Waals surface area contributed by atoms with Gasteiger partial charge in [-0.2, -0.15) is 0 Å². The van der Waals surface area contributed by atoms with Gasteiger partial charge in [0.15, 0.2) is 0 Å². The van der Waals surface area contributed by atoms with Crippen molar-refractivity contribution in [2.24, 2.45) is 0 Å². The number of anilines is 1. The fourth-order valence-corrected chi connectivity index (χ4v) is 2.38. The molecule has 0 aliphatic heterocycles. The van der Waals surface area contributed by atoms with Crippen LogP contribution in [-0.2, 0) is 6.54 Å². The van der Waals surface area contributed by atoms with Crippen LogP contribution in [-0.4, -0.2) is 12.1 Å². The predicted molar refractivity (Wildman–Crippen MR) is 87.1 cm³/mol. The zero-order valence-corrected chi connectivity index (χ0v) is 12.4. The van der Waals surface area contributed by atoms with Crippen LogP contribution < -0.4 is 10.1 Å². The first-order valence-electron chi connectivity index (χ1n) is 6.68. The van der Waals surface area contributed by atoms with E-state index in [4.69, 9.17) is 16.3 Å². The molecule has 1 N–H and O–H groups in total. The molecule has 0 unspecified atom stereocenters. The lowest BCUT2D eigenvalue weighted by Crippen LogP contribution is -2.03. The Bertz CT molecular complexity index is 774. The summed E-state index contributed by atoms with van der Waals surface area (Å²) in [6, 6.07) is 17.7. The summed E-state index contributed by atoms with van der Waals surface area (Å²) < 4.78 is 5.32. The molecule has 4 heteroatoms. The van der Waals surface area contributed by atoms with E-state index in [2.05, 4.69) is 22.4 Å². The van der Waals surface area contributed by atoms with Crippen LogP contribution in [0.15, 0.2) is 54.6 Å². The van der Waals surface area contributed by atoms with Crippen LogP contribution in [0.4, 0.5) is 5.69 Å². The van der Waals surface area contributed by atoms with Gasteiger partial charge in [0, 0.05) is 10.4 Å². The van der Waals surface area contributed by atoms with E-state index < -0.39 is 0 Å². The van der Waals surface area contributed by atoms with Crippen molar-refractivity contribution < 1.29 is 4.74 Å². The number of pyridine rings is 1. The van der Waals surface area contributed by atoms with Crippen molar-refractivity contribution in [1.29, 1.82) is 0 Å². The molecule has 0 bridgehead atoms. The molecule has 0 fully saturated rings. The summed E-state index contributed by atoms with van der Waals surface area (Å²) in [5, 5.41) is 5.13. The van der Waals surface area contributed by atoms with E-state index in [9.17, 15) is 0 Å². The van der Waals surface area contributed by atoms with Gasteiger partial charge in [-0.25, -0.2) is 0 Å². The van der Waals surface area contributed by atoms with E-state index in [0.29, 0.717) is 11.6 Å². The minimum atomic E-state index is 0.613. The largest absolute Gasteiger partial charge is 0.495 e. The molecule has 1 heterocycles. The molecule has 0 radical (unpaired) electrons. The molecule has 0 amide bonds. The summed E-state index contributed by atoms with van der Waals surface area (Å²) >= 11 is 6.02. The second-order valence-corrected chi connectivity index (χ2v) is 5.13. The summed E-state index contributed by atoms with van der Waals surface area (Å²) in [6.07, 6.45) is 0. The van der Waals surface area contributed by atoms with E-state index >= 15 is 0 Å². The van der Waals surface area contributed by atoms with Gasteiger partial charge in [-0.15, -0.1) is 0 Å². The van der Waals surface area contributed by atoms with E-state index in [1.54, 1.807) is 13.2 Å². The molecule has 0 saturated carbocycles. The highest BCUT2D eigenvalue weighted by atomic mass is 35.5. The lowest BCUT2D eigenvalue weighted by molar-refractivity contribution is 0.416. The second-order valence-electron chi connectivity index (χ2n) is 4.69. The first-order valence-corrected chi connectivity index (χ1v) is 7.06. The molecule has 0 spiro atoms. The minimum Gasteiger partial charge on any atom is -0.495 e. The Hall–Kier alpha value is -2.26. The Kier molecular flexibility index (Phi) is 3.93. The van der Waals surface area contributed by atoms with Gasteiger partial charge in [0.2, 0.25) is 0 Å². The zero-order valence-electron chi connectivity index (χ0n) is 11.6. The Labute approximate surface area is 128 Å². The maximum absolute atomic E-state index is 6.02. The summed E-state index contributed by atoms with van der Waals surface area (Å²) in [4.78, 5) is 4.63. The van der Waals surface area contributed by atoms with Crippen LogP contribution in [0.5, 0.6) is 5.75 Å². The quantitative estimate of drug-likeness (QED) is 0.769. The zero-order chi connectivity index (χ0) is 14.7. The highest BCUT2D eigenvalue weighted by Gasteiger charge is 2.04. The molecule has 3 rings (SSSR count). The Morgan fingerprint density at radius 2 is 1.95 bits per heavy atom. The number of para-hydroxylation sites is 1. The number of ether oxygens (including phenoxy) is 1. The number of aromatic nitrogens is 1. The molecule has 1 aromatic heterocycles. The number of hydrogen-bond donors (Lipinski definition) is 1. The molecule has 2 aromatic carbocycles. The number of benzene rings is 2. The molecular weight excluding hydrogens is 284 g/mol. The van der Waals surface area contributed by atoms with Crippen molar-refractivity contribution in [2.45, 2.75) is 6.54 Å². The maximum Gasteiger partial charge on any atom is 0.142 e. The maximum atomic E-state index is 6.02. The number of nitrogens with zero attached hydrogens (tertiary/aromatic N) is 1. The van der Waals surface area contributed by atoms with Crippen molar-refractivity contribution >= 4 is 28.2 Å². The molecule has 3 aromatic rings. The van der Waals surface area contributed by atoms with Gasteiger partial charge in [-0.1, -0.05) is 35.9 Å². The number of halogens is 1. The SMILES string of the molecule is COc1ccc(Cl)cc1NCc1ccc2ccccc2n1. The Balaban J connectivity index is 1.81. The van der Waals surface area contributed by atoms with E-state index in [1.165, 1.54) is 0 Å². The van der Waals surface area contributed by atoms with Crippen molar-refractivity contribution in [3.8, 4) is 5.75 Å². The van der Waals surface area contributed by atoms with Crippen LogP contribution in [0.3, 0.4) is 0 Å². The van der Waals surface area contributed by atoms with E-state index in [-0.39, 0.29) is 0 Å². The number of methoxy groups -OCH3 is 1. The minimum absolute atomic E-state index is 0.613. The molecule has 3 nitrogen and oxygen atoms in total. The fourth-order valence-electron chi connectivity index (χ4n) is 2.21. The topological polar surface area (TPSA) is 34.1 Å². The van der Waals surface area contributed by atoms with Crippen molar-refractivity contribution in [3.05, 3.63) is 65.3 Å². The number of rotatable bonds is 4. The third-order valence-electron chi connectivity index (χ3n) is 3.28. The summed E-state index contributed by atoms with van der Waals surface area (Å²) in [7, 11) is 1.64. The van der Waals surface area contributed by atoms with Crippen molar-refractivity contribution in [2.75, 3.05) is 12.4 Å². The van der Waals surface area contributed by atoms with Gasteiger partial charge >= 0.3 is 0 Å². The molecule has 0 atom stereocenters. The smallest absolute Gasteiger partial charge is 0.142 e. The highest BCUT2D eigenvalue weighted by Crippen LogP contribution is 2.28. The predicted octanol–water partition coefficient (Wildman–Crippen LogP) is 4.51.